The maximum absolute atomic E-state index is 13.3. The van der Waals surface area contributed by atoms with Gasteiger partial charge in [0.2, 0.25) is 0 Å². The minimum absolute atomic E-state index is 0.0924. The van der Waals surface area contributed by atoms with Crippen LogP contribution < -0.4 is 23.7 Å². The van der Waals surface area contributed by atoms with E-state index in [4.69, 9.17) is 30.1 Å². The van der Waals surface area contributed by atoms with Gasteiger partial charge in [0.25, 0.3) is 0 Å². The molecule has 0 saturated heterocycles. The van der Waals surface area contributed by atoms with E-state index in [2.05, 4.69) is 95.6 Å². The first-order chi connectivity index (χ1) is 63.8. The number of terminal acetylenes is 1. The third kappa shape index (κ3) is 29.2. The quantitative estimate of drug-likeness (QED) is 0.0298. The number of ether oxygens (including phenoxy) is 5. The summed E-state index contributed by atoms with van der Waals surface area (Å²) in [5.74, 6) is 6.77. The molecule has 16 rings (SSSR count). The molecule has 0 spiro atoms. The monoisotopic (exact) mass is 1770 g/mol. The first-order valence-electron chi connectivity index (χ1n) is 42.5. The number of nitrogens with zero attached hydrogens (tertiary/aromatic N) is 18. The van der Waals surface area contributed by atoms with Gasteiger partial charge in [0.15, 0.2) is 46.2 Å². The number of aromatic nitrogens is 18. The molecule has 0 unspecified atom stereocenters. The lowest BCUT2D eigenvalue weighted by atomic mass is 10.1. The second-order valence-electron chi connectivity index (χ2n) is 30.6. The number of carbonyl (C=O) groups is 5. The highest BCUT2D eigenvalue weighted by Gasteiger charge is 2.27. The molecule has 0 amide bonds. The van der Waals surface area contributed by atoms with E-state index in [1.807, 2.05) is 131 Å². The Kier molecular flexibility index (Phi) is 33.4. The van der Waals surface area contributed by atoms with Gasteiger partial charge in [0.1, 0.15) is 98.8 Å². The van der Waals surface area contributed by atoms with Gasteiger partial charge in [-0.05, 0) is 152 Å². The summed E-state index contributed by atoms with van der Waals surface area (Å²) in [6, 6.07) is 38.0. The molecule has 15 aromatic rings. The molecule has 0 aromatic carbocycles. The van der Waals surface area contributed by atoms with Gasteiger partial charge in [0.05, 0.1) is 94.1 Å². The zero-order valence-electron chi connectivity index (χ0n) is 74.7. The predicted molar refractivity (Wildman–Crippen MR) is 488 cm³/mol. The highest BCUT2D eigenvalue weighted by atomic mass is 19.1. The van der Waals surface area contributed by atoms with Crippen molar-refractivity contribution in [1.82, 2.24) is 89.7 Å². The number of aryl methyl sites for hydroxylation is 11. The Morgan fingerprint density at radius 1 is 0.326 bits per heavy atom. The van der Waals surface area contributed by atoms with E-state index in [1.165, 1.54) is 37.2 Å². The molecule has 1 aliphatic carbocycles. The van der Waals surface area contributed by atoms with Crippen molar-refractivity contribution in [2.45, 2.75) is 153 Å². The van der Waals surface area contributed by atoms with Crippen LogP contribution in [0.5, 0.6) is 57.5 Å². The molecule has 15 aromatic heterocycles. The molecule has 0 bridgehead atoms. The van der Waals surface area contributed by atoms with Crippen LogP contribution in [0.3, 0.4) is 0 Å². The lowest BCUT2D eigenvalue weighted by Gasteiger charge is -2.09. The van der Waals surface area contributed by atoms with Gasteiger partial charge in [-0.2, -0.15) is 0 Å². The number of hydrogen-bond acceptors (Lipinski definition) is 28. The van der Waals surface area contributed by atoms with E-state index in [1.54, 1.807) is 123 Å². The van der Waals surface area contributed by atoms with Gasteiger partial charge in [0, 0.05) is 171 Å². The second kappa shape index (κ2) is 46.5. The van der Waals surface area contributed by atoms with Gasteiger partial charge in [-0.3, -0.25) is 58.9 Å². The molecule has 666 valence electrons. The number of rotatable bonds is 30. The highest BCUT2D eigenvalue weighted by Crippen LogP contribution is 2.38. The second-order valence-corrected chi connectivity index (χ2v) is 30.6. The molecule has 1 saturated carbocycles. The molecular weight excluding hydrogens is 1680 g/mol. The summed E-state index contributed by atoms with van der Waals surface area (Å²) in [5.41, 5.74) is 15.6. The van der Waals surface area contributed by atoms with E-state index >= 15 is 0 Å². The van der Waals surface area contributed by atoms with Crippen molar-refractivity contribution in [1.29, 1.82) is 0 Å². The average Bonchev–Trinajstić information content (AvgIpc) is 1.67. The molecule has 0 atom stereocenters. The van der Waals surface area contributed by atoms with Crippen LogP contribution in [0.1, 0.15) is 201 Å². The molecular formula is C102H94F2N18O10. The minimum Gasteiger partial charge on any atom is -0.455 e. The number of Topliss-reactive ketones (excluding diaryl/α,β-unsaturated/α-hetero) is 5. The molecule has 0 aliphatic heterocycles. The van der Waals surface area contributed by atoms with Crippen molar-refractivity contribution < 1.29 is 56.4 Å². The molecule has 15 heterocycles. The fraction of sp³-hybridized carbons (Fsp3) is 0.225. The number of carbonyl (C=O) groups excluding carboxylic acids is 5. The molecule has 1 fully saturated rings. The van der Waals surface area contributed by atoms with Crippen molar-refractivity contribution in [3.05, 3.63) is 369 Å². The van der Waals surface area contributed by atoms with Gasteiger partial charge < -0.3 is 23.7 Å². The Labute approximate surface area is 762 Å². The van der Waals surface area contributed by atoms with Crippen LogP contribution in [0.2, 0.25) is 0 Å². The summed E-state index contributed by atoms with van der Waals surface area (Å²) in [5, 5.41) is 0. The Morgan fingerprint density at radius 2 is 0.720 bits per heavy atom. The molecule has 1 aliphatic rings. The van der Waals surface area contributed by atoms with Crippen molar-refractivity contribution in [2.75, 3.05) is 0 Å². The third-order valence-electron chi connectivity index (χ3n) is 19.9. The van der Waals surface area contributed by atoms with E-state index in [0.29, 0.717) is 146 Å². The van der Waals surface area contributed by atoms with Crippen LogP contribution in [-0.2, 0) is 57.8 Å². The SMILES string of the molecule is C#Cc1ccc(CC(=O)c2cc(Oc3cncnc3)cc(CC)n2)nc1.CCc1cc(Oc2cncc(F)c2)cc(C(=O)Cc2ccc(C)c(C)n2)n1.CCc1cc(Oc2cncc(F)c2)cc(C(=O)Cc2cccc(C)n2)n1.CCc1cc(Oc2cncnc2)cc(C(=O)Cc2cc(C)c(C)cn2)n1.Cc1ccc(CC(=O)c2cc(Oc3cnc(C4CC4)nc3)cc(C)n2)nc1. The molecule has 28 nitrogen and oxygen atoms in total. The fourth-order valence-electron chi connectivity index (χ4n) is 12.5. The van der Waals surface area contributed by atoms with E-state index < -0.39 is 11.6 Å². The van der Waals surface area contributed by atoms with Crippen molar-refractivity contribution >= 4 is 28.9 Å². The Morgan fingerprint density at radius 3 is 1.12 bits per heavy atom. The van der Waals surface area contributed by atoms with Crippen LogP contribution in [0.25, 0.3) is 0 Å². The van der Waals surface area contributed by atoms with Gasteiger partial charge in [-0.25, -0.2) is 63.6 Å². The topological polar surface area (TPSA) is 364 Å². The first-order valence-corrected chi connectivity index (χ1v) is 42.5. The molecule has 30 heteroatoms. The van der Waals surface area contributed by atoms with E-state index in [-0.39, 0.29) is 72.5 Å². The predicted octanol–water partition coefficient (Wildman–Crippen LogP) is 19.2. The zero-order valence-corrected chi connectivity index (χ0v) is 74.7. The van der Waals surface area contributed by atoms with Crippen LogP contribution in [0.4, 0.5) is 8.78 Å². The molecule has 0 radical (unpaired) electrons. The molecule has 0 N–H and O–H groups in total. The van der Waals surface area contributed by atoms with Crippen LogP contribution in [0.15, 0.2) is 227 Å². The Bertz CT molecular complexity index is 6610. The average molecular weight is 1770 g/mol. The van der Waals surface area contributed by atoms with E-state index in [0.717, 1.165) is 87.5 Å². The summed E-state index contributed by atoms with van der Waals surface area (Å²) in [6.07, 6.45) is 33.7. The van der Waals surface area contributed by atoms with Crippen molar-refractivity contribution in [3.63, 3.8) is 0 Å². The molecule has 132 heavy (non-hydrogen) atoms. The lowest BCUT2D eigenvalue weighted by molar-refractivity contribution is 0.0978. The Balaban J connectivity index is 0.000000149. The Hall–Kier alpha value is -16.2. The standard InChI is InChI=1S/C21H20FN3O2.C21H20N4O2.C20H18FN3O2.C20H20N4O2.C20H16N4O2/c1-4-16-8-18(27-19-7-15(22)11-23-12-19)10-20(25-16)21(26)9-17-6-5-13(2)14(3)24-17;1-13-3-6-16(22-10-13)8-20(26)19-9-17(7-14(2)25-19)27-18-11-23-21(24-12-18)15-4-5-15;1-3-15-8-17(26-18-7-14(21)11-22-12-18)10-19(24-15)20(25)9-16-6-4-5-13(2)23-16;1-4-15-6-17(26-18-10-21-12-22-11-18)8-19(24-15)20(25)7-16-5-13(2)14(3)9-23-16;1-3-14-5-6-16(23-10-14)8-20(25)19-9-17(7-15(4-2)24-19)26-18-11-21-13-22-12-18/h5-8,10-12H,4,9H2,1-3H3;3,6-7,9-12,15H,4-5,8H2,1-2H3;4-8,10-12H,3,9H2,1-2H3;5-6,8-12H,4,7H2,1-3H3;1,5-7,9-13H,4,8H2,2H3. The zero-order chi connectivity index (χ0) is 93.6. The van der Waals surface area contributed by atoms with E-state index in [9.17, 15) is 32.8 Å². The number of pyridine rings is 12. The summed E-state index contributed by atoms with van der Waals surface area (Å²) in [6.45, 7) is 21.4. The van der Waals surface area contributed by atoms with Crippen LogP contribution in [-0.4, -0.2) is 119 Å². The summed E-state index contributed by atoms with van der Waals surface area (Å²) < 4.78 is 55.3. The van der Waals surface area contributed by atoms with Gasteiger partial charge >= 0.3 is 0 Å². The summed E-state index contributed by atoms with van der Waals surface area (Å²) in [7, 11) is 0. The smallest absolute Gasteiger partial charge is 0.187 e. The first kappa shape index (κ1) is 94.9. The van der Waals surface area contributed by atoms with Crippen molar-refractivity contribution in [2.24, 2.45) is 0 Å². The van der Waals surface area contributed by atoms with Crippen LogP contribution in [0, 0.1) is 72.4 Å². The largest absolute Gasteiger partial charge is 0.455 e. The van der Waals surface area contributed by atoms with Gasteiger partial charge in [-0.1, -0.05) is 51.8 Å². The fourth-order valence-corrected chi connectivity index (χ4v) is 12.5. The maximum Gasteiger partial charge on any atom is 0.187 e. The number of ketones is 5. The number of halogens is 2. The number of hydrogen-bond donors (Lipinski definition) is 0. The summed E-state index contributed by atoms with van der Waals surface area (Å²) in [4.78, 5) is 139. The third-order valence-corrected chi connectivity index (χ3v) is 19.9. The minimum atomic E-state index is -0.492. The van der Waals surface area contributed by atoms with Gasteiger partial charge in [-0.15, -0.1) is 6.42 Å². The highest BCUT2D eigenvalue weighted by molar-refractivity contribution is 5.98. The lowest BCUT2D eigenvalue weighted by Crippen LogP contribution is -2.09. The summed E-state index contributed by atoms with van der Waals surface area (Å²) >= 11 is 0. The van der Waals surface area contributed by atoms with Crippen molar-refractivity contribution in [3.8, 4) is 69.8 Å². The maximum atomic E-state index is 13.3. The van der Waals surface area contributed by atoms with Crippen LogP contribution >= 0.6 is 0 Å². The normalized spacial score (nSPS) is 11.1.